The highest BCUT2D eigenvalue weighted by Crippen LogP contribution is 2.28. The van der Waals surface area contributed by atoms with Crippen molar-refractivity contribution in [2.45, 2.75) is 25.7 Å². The Morgan fingerprint density at radius 2 is 2.06 bits per heavy atom. The summed E-state index contributed by atoms with van der Waals surface area (Å²) in [6, 6.07) is 4.00. The predicted octanol–water partition coefficient (Wildman–Crippen LogP) is 4.02. The zero-order valence-electron chi connectivity index (χ0n) is 9.29. The van der Waals surface area contributed by atoms with Crippen LogP contribution in [-0.2, 0) is 4.43 Å². The standard InChI is InChI=1S/C10H12Br2N2OSi/c1-16(2,3)15-9(5-13)10-8(12)4-7(11)6-14-10/h4,6,9H,1-3H3. The van der Waals surface area contributed by atoms with Gasteiger partial charge in [-0.2, -0.15) is 5.26 Å². The van der Waals surface area contributed by atoms with Gasteiger partial charge in [-0.15, -0.1) is 0 Å². The van der Waals surface area contributed by atoms with Gasteiger partial charge in [0.15, 0.2) is 14.4 Å². The summed E-state index contributed by atoms with van der Waals surface area (Å²) in [6.45, 7) is 6.14. The van der Waals surface area contributed by atoms with E-state index in [1.54, 1.807) is 6.20 Å². The van der Waals surface area contributed by atoms with Crippen molar-refractivity contribution in [3.63, 3.8) is 0 Å². The molecule has 0 fully saturated rings. The number of hydrogen-bond donors (Lipinski definition) is 0. The fourth-order valence-electron chi connectivity index (χ4n) is 1.11. The lowest BCUT2D eigenvalue weighted by molar-refractivity contribution is 0.249. The molecule has 0 radical (unpaired) electrons. The van der Waals surface area contributed by atoms with Crippen LogP contribution >= 0.6 is 31.9 Å². The fourth-order valence-corrected chi connectivity index (χ4v) is 3.18. The Kier molecular flexibility index (Phi) is 4.68. The zero-order chi connectivity index (χ0) is 12.3. The molecule has 0 aromatic carbocycles. The summed E-state index contributed by atoms with van der Waals surface area (Å²) in [7, 11) is -1.76. The van der Waals surface area contributed by atoms with Gasteiger partial charge in [-0.05, 0) is 57.6 Å². The van der Waals surface area contributed by atoms with Crippen molar-refractivity contribution in [1.29, 1.82) is 5.26 Å². The van der Waals surface area contributed by atoms with E-state index >= 15 is 0 Å². The fraction of sp³-hybridized carbons (Fsp3) is 0.400. The van der Waals surface area contributed by atoms with Crippen molar-refractivity contribution in [3.8, 4) is 6.07 Å². The summed E-state index contributed by atoms with van der Waals surface area (Å²) in [5.41, 5.74) is 0.633. The molecule has 1 heterocycles. The first-order valence-corrected chi connectivity index (χ1v) is 9.71. The number of halogens is 2. The van der Waals surface area contributed by atoms with E-state index in [2.05, 4.69) is 42.9 Å². The Labute approximate surface area is 113 Å². The van der Waals surface area contributed by atoms with Gasteiger partial charge >= 0.3 is 0 Å². The highest BCUT2D eigenvalue weighted by Gasteiger charge is 2.24. The molecular weight excluding hydrogens is 352 g/mol. The van der Waals surface area contributed by atoms with Crippen LogP contribution in [0, 0.1) is 11.3 Å². The molecule has 6 heteroatoms. The minimum absolute atomic E-state index is 0.603. The summed E-state index contributed by atoms with van der Waals surface area (Å²) in [5, 5.41) is 9.11. The molecule has 0 aliphatic carbocycles. The minimum Gasteiger partial charge on any atom is -0.398 e. The Balaban J connectivity index is 3.01. The third-order valence-electron chi connectivity index (χ3n) is 1.67. The van der Waals surface area contributed by atoms with E-state index in [-0.39, 0.29) is 0 Å². The van der Waals surface area contributed by atoms with Crippen LogP contribution in [-0.4, -0.2) is 13.3 Å². The molecule has 0 N–H and O–H groups in total. The lowest BCUT2D eigenvalue weighted by Gasteiger charge is -2.21. The first-order chi connectivity index (χ1) is 7.33. The normalized spacial score (nSPS) is 13.2. The first-order valence-electron chi connectivity index (χ1n) is 4.72. The second-order valence-corrected chi connectivity index (χ2v) is 10.5. The van der Waals surface area contributed by atoms with Crippen LogP contribution in [0.2, 0.25) is 19.6 Å². The molecule has 1 unspecified atom stereocenters. The van der Waals surface area contributed by atoms with Gasteiger partial charge < -0.3 is 4.43 Å². The molecule has 0 saturated heterocycles. The largest absolute Gasteiger partial charge is 0.398 e. The van der Waals surface area contributed by atoms with Crippen molar-refractivity contribution in [2.75, 3.05) is 0 Å². The molecule has 1 aromatic heterocycles. The van der Waals surface area contributed by atoms with Gasteiger partial charge in [0.2, 0.25) is 0 Å². The van der Waals surface area contributed by atoms with E-state index < -0.39 is 14.4 Å². The third kappa shape index (κ3) is 3.98. The van der Waals surface area contributed by atoms with Crippen molar-refractivity contribution in [1.82, 2.24) is 4.98 Å². The molecule has 0 bridgehead atoms. The summed E-state index contributed by atoms with van der Waals surface area (Å²) < 4.78 is 7.42. The van der Waals surface area contributed by atoms with E-state index in [9.17, 15) is 0 Å². The van der Waals surface area contributed by atoms with Gasteiger partial charge in [-0.25, -0.2) is 0 Å². The number of rotatable bonds is 3. The van der Waals surface area contributed by atoms with Gasteiger partial charge in [0, 0.05) is 15.1 Å². The molecule has 3 nitrogen and oxygen atoms in total. The molecule has 0 amide bonds. The highest BCUT2D eigenvalue weighted by molar-refractivity contribution is 9.11. The topological polar surface area (TPSA) is 45.9 Å². The van der Waals surface area contributed by atoms with Crippen LogP contribution in [0.3, 0.4) is 0 Å². The van der Waals surface area contributed by atoms with Crippen LogP contribution in [0.4, 0.5) is 0 Å². The SMILES string of the molecule is C[Si](C)(C)OC(C#N)c1ncc(Br)cc1Br. The Morgan fingerprint density at radius 3 is 2.50 bits per heavy atom. The van der Waals surface area contributed by atoms with E-state index in [4.69, 9.17) is 9.69 Å². The average molecular weight is 364 g/mol. The highest BCUT2D eigenvalue weighted by atomic mass is 79.9. The lowest BCUT2D eigenvalue weighted by atomic mass is 10.2. The Bertz CT molecular complexity index is 426. The van der Waals surface area contributed by atoms with Crippen LogP contribution in [0.1, 0.15) is 11.8 Å². The van der Waals surface area contributed by atoms with Gasteiger partial charge in [-0.3, -0.25) is 4.98 Å². The number of hydrogen-bond acceptors (Lipinski definition) is 3. The monoisotopic (exact) mass is 362 g/mol. The quantitative estimate of drug-likeness (QED) is 0.761. The maximum absolute atomic E-state index is 9.11. The van der Waals surface area contributed by atoms with Crippen LogP contribution in [0.5, 0.6) is 0 Å². The lowest BCUT2D eigenvalue weighted by Crippen LogP contribution is -2.28. The number of nitriles is 1. The first kappa shape index (κ1) is 13.8. The molecule has 0 aliphatic heterocycles. The zero-order valence-corrected chi connectivity index (χ0v) is 13.5. The van der Waals surface area contributed by atoms with E-state index in [0.29, 0.717) is 5.69 Å². The second kappa shape index (κ2) is 5.41. The van der Waals surface area contributed by atoms with Crippen LogP contribution < -0.4 is 0 Å². The Hall–Kier alpha value is -0.223. The maximum Gasteiger partial charge on any atom is 0.186 e. The molecule has 16 heavy (non-hydrogen) atoms. The Morgan fingerprint density at radius 1 is 1.44 bits per heavy atom. The maximum atomic E-state index is 9.11. The van der Waals surface area contributed by atoms with Gasteiger partial charge in [0.1, 0.15) is 0 Å². The predicted molar refractivity (Wildman–Crippen MR) is 72.4 cm³/mol. The summed E-state index contributed by atoms with van der Waals surface area (Å²) in [6.07, 6.45) is 1.06. The number of aromatic nitrogens is 1. The van der Waals surface area contributed by atoms with Gasteiger partial charge in [0.25, 0.3) is 0 Å². The molecule has 1 rings (SSSR count). The van der Waals surface area contributed by atoms with E-state index in [1.165, 1.54) is 0 Å². The molecule has 0 saturated carbocycles. The number of pyridine rings is 1. The molecule has 1 aromatic rings. The van der Waals surface area contributed by atoms with E-state index in [0.717, 1.165) is 8.95 Å². The number of nitrogens with zero attached hydrogens (tertiary/aromatic N) is 2. The van der Waals surface area contributed by atoms with Crippen LogP contribution in [0.15, 0.2) is 21.2 Å². The summed E-state index contributed by atoms with van der Waals surface area (Å²) in [4.78, 5) is 4.21. The van der Waals surface area contributed by atoms with Gasteiger partial charge in [-0.1, -0.05) is 0 Å². The third-order valence-corrected chi connectivity index (χ3v) is 3.68. The van der Waals surface area contributed by atoms with Gasteiger partial charge in [0.05, 0.1) is 11.8 Å². The molecule has 86 valence electrons. The van der Waals surface area contributed by atoms with Crippen LogP contribution in [0.25, 0.3) is 0 Å². The van der Waals surface area contributed by atoms with E-state index in [1.807, 2.05) is 25.7 Å². The smallest absolute Gasteiger partial charge is 0.186 e. The van der Waals surface area contributed by atoms with Crippen molar-refractivity contribution < 1.29 is 4.43 Å². The molecule has 0 aliphatic rings. The van der Waals surface area contributed by atoms with Crippen molar-refractivity contribution in [2.24, 2.45) is 0 Å². The molecular formula is C10H12Br2N2OSi. The second-order valence-electron chi connectivity index (χ2n) is 4.26. The van der Waals surface area contributed by atoms with Crippen molar-refractivity contribution in [3.05, 3.63) is 26.9 Å². The molecule has 0 spiro atoms. The van der Waals surface area contributed by atoms with Crippen molar-refractivity contribution >= 4 is 40.2 Å². The average Bonchev–Trinajstić information content (AvgIpc) is 2.13. The summed E-state index contributed by atoms with van der Waals surface area (Å²) in [5.74, 6) is 0. The molecule has 1 atom stereocenters. The summed E-state index contributed by atoms with van der Waals surface area (Å²) >= 11 is 6.71. The minimum atomic E-state index is -1.76.